The molecule has 2 rings (SSSR count). The van der Waals surface area contributed by atoms with Crippen LogP contribution in [0.1, 0.15) is 31.1 Å². The molecule has 7 nitrogen and oxygen atoms in total. The number of benzene rings is 2. The van der Waals surface area contributed by atoms with Gasteiger partial charge in [0.2, 0.25) is 15.9 Å². The van der Waals surface area contributed by atoms with Gasteiger partial charge in [-0.1, -0.05) is 37.0 Å². The highest BCUT2D eigenvalue weighted by molar-refractivity contribution is 7.89. The molecule has 0 atom stereocenters. The first kappa shape index (κ1) is 23.2. The molecule has 0 aliphatic heterocycles. The summed E-state index contributed by atoms with van der Waals surface area (Å²) >= 11 is 12.3. The first-order chi connectivity index (χ1) is 13.6. The predicted octanol–water partition coefficient (Wildman–Crippen LogP) is 4.23. The summed E-state index contributed by atoms with van der Waals surface area (Å²) in [6.45, 7) is 5.44. The predicted molar refractivity (Wildman–Crippen MR) is 115 cm³/mol. The Morgan fingerprint density at radius 1 is 0.966 bits per heavy atom. The lowest BCUT2D eigenvalue weighted by Gasteiger charge is -2.19. The van der Waals surface area contributed by atoms with Crippen LogP contribution in [0.15, 0.2) is 41.3 Å². The average molecular weight is 458 g/mol. The van der Waals surface area contributed by atoms with Crippen LogP contribution in [0.25, 0.3) is 0 Å². The maximum Gasteiger partial charge on any atom is 0.257 e. The monoisotopic (exact) mass is 457 g/mol. The Balaban J connectivity index is 2.33. The zero-order valence-electron chi connectivity index (χ0n) is 16.1. The van der Waals surface area contributed by atoms with Gasteiger partial charge in [0.05, 0.1) is 26.2 Å². The van der Waals surface area contributed by atoms with Crippen LogP contribution < -0.4 is 10.6 Å². The maximum absolute atomic E-state index is 12.7. The van der Waals surface area contributed by atoms with Gasteiger partial charge in [-0.3, -0.25) is 9.59 Å². The molecule has 0 saturated carbocycles. The lowest BCUT2D eigenvalue weighted by atomic mass is 10.2. The highest BCUT2D eigenvalue weighted by Crippen LogP contribution is 2.28. The maximum atomic E-state index is 12.7. The highest BCUT2D eigenvalue weighted by Gasteiger charge is 2.24. The van der Waals surface area contributed by atoms with Crippen molar-refractivity contribution in [3.8, 4) is 0 Å². The summed E-state index contributed by atoms with van der Waals surface area (Å²) in [6, 6.07) is 8.56. The van der Waals surface area contributed by atoms with Crippen LogP contribution in [0.3, 0.4) is 0 Å². The van der Waals surface area contributed by atoms with E-state index in [0.717, 1.165) is 0 Å². The number of hydrogen-bond acceptors (Lipinski definition) is 4. The first-order valence-electron chi connectivity index (χ1n) is 8.78. The molecule has 2 N–H and O–H groups in total. The van der Waals surface area contributed by atoms with Gasteiger partial charge in [-0.05, 0) is 36.4 Å². The van der Waals surface area contributed by atoms with Gasteiger partial charge in [0, 0.05) is 25.7 Å². The van der Waals surface area contributed by atoms with Crippen molar-refractivity contribution < 1.29 is 18.0 Å². The van der Waals surface area contributed by atoms with Crippen molar-refractivity contribution in [2.24, 2.45) is 0 Å². The molecule has 0 bridgehead atoms. The van der Waals surface area contributed by atoms with Crippen LogP contribution in [-0.2, 0) is 14.8 Å². The number of nitrogens with one attached hydrogen (secondary N) is 2. The third-order valence-corrected chi connectivity index (χ3v) is 6.75. The molecule has 0 saturated heterocycles. The summed E-state index contributed by atoms with van der Waals surface area (Å²) < 4.78 is 26.7. The van der Waals surface area contributed by atoms with Crippen LogP contribution in [0.4, 0.5) is 11.4 Å². The molecule has 0 aromatic heterocycles. The Bertz CT molecular complexity index is 1040. The normalized spacial score (nSPS) is 11.4. The second-order valence-corrected chi connectivity index (χ2v) is 8.81. The van der Waals surface area contributed by atoms with Crippen LogP contribution in [0.2, 0.25) is 10.0 Å². The molecule has 2 aromatic rings. The summed E-state index contributed by atoms with van der Waals surface area (Å²) in [4.78, 5) is 23.8. The minimum atomic E-state index is -3.74. The summed E-state index contributed by atoms with van der Waals surface area (Å²) in [5.41, 5.74) is 0.770. The third-order valence-electron chi connectivity index (χ3n) is 4.06. The number of carbonyl (C=O) groups is 2. The molecule has 29 heavy (non-hydrogen) atoms. The molecular weight excluding hydrogens is 437 g/mol. The zero-order valence-corrected chi connectivity index (χ0v) is 18.5. The van der Waals surface area contributed by atoms with Crippen LogP contribution in [0, 0.1) is 0 Å². The summed E-state index contributed by atoms with van der Waals surface area (Å²) in [6.07, 6.45) is 0. The van der Waals surface area contributed by atoms with E-state index in [1.165, 1.54) is 41.6 Å². The van der Waals surface area contributed by atoms with E-state index in [4.69, 9.17) is 23.2 Å². The Labute approximate surface area is 180 Å². The second kappa shape index (κ2) is 9.58. The number of sulfonamides is 1. The summed E-state index contributed by atoms with van der Waals surface area (Å²) in [5, 5.41) is 5.50. The lowest BCUT2D eigenvalue weighted by molar-refractivity contribution is -0.114. The van der Waals surface area contributed by atoms with Crippen molar-refractivity contribution in [3.63, 3.8) is 0 Å². The fourth-order valence-electron chi connectivity index (χ4n) is 2.64. The van der Waals surface area contributed by atoms with Crippen LogP contribution >= 0.6 is 23.2 Å². The molecule has 10 heteroatoms. The van der Waals surface area contributed by atoms with E-state index in [1.54, 1.807) is 19.9 Å². The molecular formula is C19H21Cl2N3O4S. The Morgan fingerprint density at radius 2 is 1.62 bits per heavy atom. The van der Waals surface area contributed by atoms with Gasteiger partial charge < -0.3 is 10.6 Å². The molecule has 0 radical (unpaired) electrons. The average Bonchev–Trinajstić information content (AvgIpc) is 2.64. The molecule has 0 fully saturated rings. The number of hydrogen-bond donors (Lipinski definition) is 2. The highest BCUT2D eigenvalue weighted by atomic mass is 35.5. The number of halogens is 2. The fraction of sp³-hybridized carbons (Fsp3) is 0.263. The van der Waals surface area contributed by atoms with E-state index in [0.29, 0.717) is 24.5 Å². The first-order valence-corrected chi connectivity index (χ1v) is 11.0. The van der Waals surface area contributed by atoms with Gasteiger partial charge in [-0.25, -0.2) is 8.42 Å². The van der Waals surface area contributed by atoms with E-state index in [1.807, 2.05) is 0 Å². The van der Waals surface area contributed by atoms with Gasteiger partial charge in [0.25, 0.3) is 5.91 Å². The second-order valence-electron chi connectivity index (χ2n) is 6.06. The molecule has 0 aliphatic carbocycles. The van der Waals surface area contributed by atoms with Crippen molar-refractivity contribution in [2.75, 3.05) is 23.7 Å². The van der Waals surface area contributed by atoms with Gasteiger partial charge >= 0.3 is 0 Å². The molecule has 0 heterocycles. The Hall–Kier alpha value is -2.13. The molecule has 156 valence electrons. The number of rotatable bonds is 7. The van der Waals surface area contributed by atoms with Crippen molar-refractivity contribution in [1.29, 1.82) is 0 Å². The number of carbonyl (C=O) groups excluding carboxylic acids is 2. The molecule has 2 aromatic carbocycles. The smallest absolute Gasteiger partial charge is 0.257 e. The van der Waals surface area contributed by atoms with Gasteiger partial charge in [0.15, 0.2) is 0 Å². The minimum Gasteiger partial charge on any atom is -0.326 e. The molecule has 0 spiro atoms. The molecule has 0 aliphatic rings. The number of anilines is 2. The zero-order chi connectivity index (χ0) is 21.8. The van der Waals surface area contributed by atoms with Crippen molar-refractivity contribution in [1.82, 2.24) is 4.31 Å². The lowest BCUT2D eigenvalue weighted by Crippen LogP contribution is -2.30. The summed E-state index contributed by atoms with van der Waals surface area (Å²) in [7, 11) is -3.74. The van der Waals surface area contributed by atoms with E-state index in [-0.39, 0.29) is 26.4 Å². The minimum absolute atomic E-state index is 0.00176. The Morgan fingerprint density at radius 3 is 2.17 bits per heavy atom. The fourth-order valence-corrected chi connectivity index (χ4v) is 4.55. The number of amides is 2. The van der Waals surface area contributed by atoms with E-state index < -0.39 is 15.9 Å². The quantitative estimate of drug-likeness (QED) is 0.649. The standard InChI is InChI=1S/C19H21Cl2N3O4S/c1-4-24(5-2)29(27,28)14-7-8-16(20)15(11-14)19(26)23-18-9-6-13(10-17(18)21)22-12(3)25/h6-11H,4-5H2,1-3H3,(H,22,25)(H,23,26). The van der Waals surface area contributed by atoms with Gasteiger partial charge in [-0.15, -0.1) is 0 Å². The van der Waals surface area contributed by atoms with Gasteiger partial charge in [-0.2, -0.15) is 4.31 Å². The van der Waals surface area contributed by atoms with E-state index >= 15 is 0 Å². The SMILES string of the molecule is CCN(CC)S(=O)(=O)c1ccc(Cl)c(C(=O)Nc2ccc(NC(C)=O)cc2Cl)c1. The van der Waals surface area contributed by atoms with E-state index in [2.05, 4.69) is 10.6 Å². The molecule has 0 unspecified atom stereocenters. The van der Waals surface area contributed by atoms with Crippen molar-refractivity contribution in [2.45, 2.75) is 25.7 Å². The summed E-state index contributed by atoms with van der Waals surface area (Å²) in [5.74, 6) is -0.864. The Kier molecular flexibility index (Phi) is 7.65. The third kappa shape index (κ3) is 5.48. The molecule has 2 amide bonds. The van der Waals surface area contributed by atoms with Crippen LogP contribution in [0.5, 0.6) is 0 Å². The largest absolute Gasteiger partial charge is 0.326 e. The van der Waals surface area contributed by atoms with Crippen molar-refractivity contribution in [3.05, 3.63) is 52.0 Å². The number of nitrogens with zero attached hydrogens (tertiary/aromatic N) is 1. The van der Waals surface area contributed by atoms with E-state index in [9.17, 15) is 18.0 Å². The van der Waals surface area contributed by atoms with Crippen LogP contribution in [-0.4, -0.2) is 37.6 Å². The topological polar surface area (TPSA) is 95.6 Å². The van der Waals surface area contributed by atoms with Crippen molar-refractivity contribution >= 4 is 56.4 Å². The van der Waals surface area contributed by atoms with Gasteiger partial charge in [0.1, 0.15) is 0 Å².